The van der Waals surface area contributed by atoms with Crippen LogP contribution in [0.4, 0.5) is 8.78 Å². The predicted octanol–water partition coefficient (Wildman–Crippen LogP) is 2.73. The van der Waals surface area contributed by atoms with Gasteiger partial charge in [0.25, 0.3) is 5.91 Å². The van der Waals surface area contributed by atoms with E-state index in [4.69, 9.17) is 16.3 Å². The molecule has 1 atom stereocenters. The van der Waals surface area contributed by atoms with Crippen LogP contribution in [-0.2, 0) is 19.6 Å². The van der Waals surface area contributed by atoms with E-state index in [2.05, 4.69) is 0 Å². The van der Waals surface area contributed by atoms with Gasteiger partial charge in [-0.3, -0.25) is 15.0 Å². The molecule has 3 rings (SSSR count). The average molecular weight is 516 g/mol. The van der Waals surface area contributed by atoms with Gasteiger partial charge in [0.15, 0.2) is 5.82 Å². The highest BCUT2D eigenvalue weighted by Crippen LogP contribution is 2.28. The molecule has 2 amide bonds. The van der Waals surface area contributed by atoms with E-state index < -0.39 is 33.1 Å². The van der Waals surface area contributed by atoms with Crippen molar-refractivity contribution >= 4 is 33.4 Å². The summed E-state index contributed by atoms with van der Waals surface area (Å²) in [6.07, 6.45) is 1.23. The second kappa shape index (κ2) is 11.2. The zero-order chi connectivity index (χ0) is 24.9. The van der Waals surface area contributed by atoms with E-state index in [0.29, 0.717) is 24.9 Å². The fourth-order valence-corrected chi connectivity index (χ4v) is 5.22. The number of halogens is 3. The van der Waals surface area contributed by atoms with Crippen LogP contribution in [0.2, 0.25) is 5.02 Å². The largest absolute Gasteiger partial charge is 0.375 e. The Bertz CT molecular complexity index is 1180. The predicted molar refractivity (Wildman–Crippen MR) is 122 cm³/mol. The Kier molecular flexibility index (Phi) is 8.58. The quantitative estimate of drug-likeness (QED) is 0.526. The van der Waals surface area contributed by atoms with Gasteiger partial charge in [0, 0.05) is 20.2 Å². The van der Waals surface area contributed by atoms with Gasteiger partial charge in [-0.25, -0.2) is 17.2 Å². The van der Waals surface area contributed by atoms with Crippen molar-refractivity contribution in [3.63, 3.8) is 0 Å². The first-order valence-electron chi connectivity index (χ1n) is 10.4. The van der Waals surface area contributed by atoms with Gasteiger partial charge in [-0.1, -0.05) is 23.7 Å². The van der Waals surface area contributed by atoms with Gasteiger partial charge in [0.2, 0.25) is 15.9 Å². The number of carbonyl (C=O) groups excluding carboxylic acids is 2. The van der Waals surface area contributed by atoms with E-state index in [1.807, 2.05) is 10.3 Å². The van der Waals surface area contributed by atoms with Crippen LogP contribution < -0.4 is 10.3 Å². The van der Waals surface area contributed by atoms with Crippen LogP contribution >= 0.6 is 11.6 Å². The summed E-state index contributed by atoms with van der Waals surface area (Å²) in [4.78, 5) is 28.1. The molecule has 2 aromatic carbocycles. The highest BCUT2D eigenvalue weighted by molar-refractivity contribution is 7.89. The first-order chi connectivity index (χ1) is 16.1. The van der Waals surface area contributed by atoms with Crippen molar-refractivity contribution in [2.24, 2.45) is 5.92 Å². The average Bonchev–Trinajstić information content (AvgIpc) is 2.79. The maximum absolute atomic E-state index is 14.5. The van der Waals surface area contributed by atoms with Crippen LogP contribution in [-0.4, -0.2) is 57.7 Å². The molecule has 1 heterocycles. The Labute approximate surface area is 201 Å². The smallest absolute Gasteiger partial charge is 0.269 e. The van der Waals surface area contributed by atoms with Crippen molar-refractivity contribution in [3.8, 4) is 11.1 Å². The number of amides is 2. The zero-order valence-electron chi connectivity index (χ0n) is 18.3. The number of hydrazine groups is 1. The van der Waals surface area contributed by atoms with E-state index in [0.717, 1.165) is 6.07 Å². The van der Waals surface area contributed by atoms with E-state index in [1.54, 1.807) is 11.0 Å². The first-order valence-corrected chi connectivity index (χ1v) is 12.4. The number of methoxy groups -OCH3 is 1. The number of likely N-dealkylation sites (tertiary alicyclic amines) is 1. The monoisotopic (exact) mass is 515 g/mol. The number of benzene rings is 2. The molecule has 1 aliphatic rings. The summed E-state index contributed by atoms with van der Waals surface area (Å²) in [6, 6.07) is 7.83. The fourth-order valence-electron chi connectivity index (χ4n) is 3.77. The molecule has 0 aliphatic carbocycles. The molecule has 0 aromatic heterocycles. The van der Waals surface area contributed by atoms with Crippen LogP contribution in [0.1, 0.15) is 23.2 Å². The Morgan fingerprint density at radius 2 is 1.97 bits per heavy atom. The van der Waals surface area contributed by atoms with Crippen LogP contribution in [0.25, 0.3) is 11.1 Å². The van der Waals surface area contributed by atoms with Crippen LogP contribution in [0.3, 0.4) is 0 Å². The minimum Gasteiger partial charge on any atom is -0.375 e. The normalized spacial score (nSPS) is 16.4. The van der Waals surface area contributed by atoms with Gasteiger partial charge in [0.05, 0.1) is 16.3 Å². The van der Waals surface area contributed by atoms with Gasteiger partial charge < -0.3 is 9.64 Å². The molecule has 0 saturated carbocycles. The number of hydrogen-bond acceptors (Lipinski definition) is 5. The zero-order valence-corrected chi connectivity index (χ0v) is 19.9. The van der Waals surface area contributed by atoms with Crippen molar-refractivity contribution in [1.29, 1.82) is 0 Å². The molecule has 1 fully saturated rings. The third-order valence-electron chi connectivity index (χ3n) is 5.35. The van der Waals surface area contributed by atoms with Crippen LogP contribution in [0.5, 0.6) is 0 Å². The maximum Gasteiger partial charge on any atom is 0.269 e. The lowest BCUT2D eigenvalue weighted by molar-refractivity contribution is -0.136. The summed E-state index contributed by atoms with van der Waals surface area (Å²) in [5.41, 5.74) is 2.12. The van der Waals surface area contributed by atoms with Crippen LogP contribution in [0, 0.1) is 17.6 Å². The van der Waals surface area contributed by atoms with Crippen molar-refractivity contribution in [1.82, 2.24) is 15.2 Å². The van der Waals surface area contributed by atoms with E-state index in [9.17, 15) is 26.8 Å². The van der Waals surface area contributed by atoms with Crippen molar-refractivity contribution in [2.45, 2.75) is 12.8 Å². The molecule has 0 bridgehead atoms. The molecule has 34 heavy (non-hydrogen) atoms. The molecule has 1 saturated heterocycles. The Hall–Kier alpha value is -2.60. The summed E-state index contributed by atoms with van der Waals surface area (Å²) in [5, 5.41) is -0.377. The van der Waals surface area contributed by atoms with Crippen molar-refractivity contribution in [3.05, 3.63) is 58.6 Å². The molecule has 12 heteroatoms. The number of piperidine rings is 1. The minimum atomic E-state index is -3.99. The molecule has 1 unspecified atom stereocenters. The number of rotatable bonds is 8. The molecular formula is C22H24ClF2N3O5S. The van der Waals surface area contributed by atoms with Gasteiger partial charge in [-0.05, 0) is 54.2 Å². The van der Waals surface area contributed by atoms with Gasteiger partial charge >= 0.3 is 0 Å². The van der Waals surface area contributed by atoms with Gasteiger partial charge in [-0.2, -0.15) is 0 Å². The van der Waals surface area contributed by atoms with Gasteiger partial charge in [-0.15, -0.1) is 4.83 Å². The Morgan fingerprint density at radius 1 is 1.21 bits per heavy atom. The third kappa shape index (κ3) is 6.72. The molecule has 2 N–H and O–H groups in total. The molecular weight excluding hydrogens is 492 g/mol. The number of ether oxygens (including phenoxy) is 1. The van der Waals surface area contributed by atoms with E-state index >= 15 is 0 Å². The second-order valence-electron chi connectivity index (χ2n) is 7.95. The summed E-state index contributed by atoms with van der Waals surface area (Å²) >= 11 is 5.90. The minimum absolute atomic E-state index is 0.0867. The Balaban J connectivity index is 1.67. The maximum atomic E-state index is 14.5. The second-order valence-corrected chi connectivity index (χ2v) is 10.1. The first kappa shape index (κ1) is 26.0. The fraction of sp³-hybridized carbons (Fsp3) is 0.364. The topological polar surface area (TPSA) is 105 Å². The van der Waals surface area contributed by atoms with Crippen LogP contribution in [0.15, 0.2) is 36.4 Å². The lowest BCUT2D eigenvalue weighted by atomic mass is 10.0. The standard InChI is InChI=1S/C22H24ClF2N3O5S/c1-33-12-20(29)28-7-3-4-14(11-28)13-34(31,32)27-26-22(30)18-9-16(10-19(23)21(18)25)15-5-2-6-17(24)8-15/h2,5-6,8-10,14,27H,3-4,7,11-13H2,1H3,(H,26,30). The number of nitrogens with zero attached hydrogens (tertiary/aromatic N) is 1. The molecule has 2 aromatic rings. The third-order valence-corrected chi connectivity index (χ3v) is 6.94. The number of carbonyl (C=O) groups is 2. The van der Waals surface area contributed by atoms with E-state index in [-0.39, 0.29) is 41.3 Å². The molecule has 1 aliphatic heterocycles. The van der Waals surface area contributed by atoms with E-state index in [1.165, 1.54) is 31.4 Å². The lowest BCUT2D eigenvalue weighted by Crippen LogP contribution is -2.47. The molecule has 0 radical (unpaired) electrons. The highest BCUT2D eigenvalue weighted by Gasteiger charge is 2.28. The lowest BCUT2D eigenvalue weighted by Gasteiger charge is -2.32. The summed E-state index contributed by atoms with van der Waals surface area (Å²) in [6.45, 7) is 0.679. The number of hydrogen-bond donors (Lipinski definition) is 2. The van der Waals surface area contributed by atoms with Crippen molar-refractivity contribution in [2.75, 3.05) is 32.6 Å². The summed E-state index contributed by atoms with van der Waals surface area (Å²) in [7, 11) is -2.59. The Morgan fingerprint density at radius 3 is 2.68 bits per heavy atom. The summed E-state index contributed by atoms with van der Waals surface area (Å²) in [5.74, 6) is -3.54. The number of nitrogens with one attached hydrogen (secondary N) is 2. The molecule has 184 valence electrons. The SMILES string of the molecule is COCC(=O)N1CCCC(CS(=O)(=O)NNC(=O)c2cc(-c3cccc(F)c3)cc(Cl)c2F)C1. The summed E-state index contributed by atoms with van der Waals surface area (Å²) < 4.78 is 57.9. The molecule has 0 spiro atoms. The highest BCUT2D eigenvalue weighted by atomic mass is 35.5. The van der Waals surface area contributed by atoms with Crippen molar-refractivity contribution < 1.29 is 31.5 Å². The van der Waals surface area contributed by atoms with Gasteiger partial charge in [0.1, 0.15) is 12.4 Å². The molecule has 8 nitrogen and oxygen atoms in total. The number of sulfonamides is 1.